The molecule has 0 fully saturated rings. The maximum absolute atomic E-state index is 11.1. The first-order valence-electron chi connectivity index (χ1n) is 3.83. The molecule has 2 unspecified atom stereocenters. The van der Waals surface area contributed by atoms with E-state index in [4.69, 9.17) is 9.79 Å². The zero-order valence-corrected chi connectivity index (χ0v) is 16.2. The number of hydrogen-bond acceptors (Lipinski definition) is 8. The molecule has 8 nitrogen and oxygen atoms in total. The van der Waals surface area contributed by atoms with Crippen molar-refractivity contribution in [3.05, 3.63) is 0 Å². The molecule has 0 aliphatic heterocycles. The first-order valence-corrected chi connectivity index (χ1v) is 6.39. The Hall–Kier alpha value is 1.64. The Balaban J connectivity index is -0.00000112. The molecule has 18 heavy (non-hydrogen) atoms. The summed E-state index contributed by atoms with van der Waals surface area (Å²) in [6, 6.07) is 0. The second-order valence-electron chi connectivity index (χ2n) is 2.54. The van der Waals surface area contributed by atoms with Gasteiger partial charge < -0.3 is 29.0 Å². The Morgan fingerprint density at radius 3 is 1.56 bits per heavy atom. The van der Waals surface area contributed by atoms with Crippen LogP contribution in [0.5, 0.6) is 0 Å². The summed E-state index contributed by atoms with van der Waals surface area (Å²) >= 11 is 0. The van der Waals surface area contributed by atoms with Crippen molar-refractivity contribution in [1.29, 1.82) is 0 Å². The zero-order valence-electron chi connectivity index (χ0n) is 10.4. The van der Waals surface area contributed by atoms with Gasteiger partial charge in [-0.2, -0.15) is 0 Å². The molecular formula is C6H10Na2O8P2. The average Bonchev–Trinajstić information content (AvgIpc) is 2.22. The van der Waals surface area contributed by atoms with Crippen molar-refractivity contribution in [2.45, 2.75) is 11.3 Å². The molecule has 0 rings (SSSR count). The maximum Gasteiger partial charge on any atom is 1.00 e. The zero-order chi connectivity index (χ0) is 12.9. The first-order chi connectivity index (χ1) is 7.36. The van der Waals surface area contributed by atoms with Crippen LogP contribution in [0.3, 0.4) is 0 Å². The topological polar surface area (TPSA) is 139 Å². The standard InChI is InChI=1S/C6H10O8P2.2Na/c1-13-5(7)3(15(9)10)4(16(11)12)6(8)14-2;;/h3-4,9-10H,1-2H3;;/q-2;2*+1. The van der Waals surface area contributed by atoms with Gasteiger partial charge in [-0.05, 0) is 0 Å². The molecule has 0 aromatic carbocycles. The van der Waals surface area contributed by atoms with Crippen molar-refractivity contribution in [3.8, 4) is 0 Å². The van der Waals surface area contributed by atoms with E-state index in [9.17, 15) is 19.4 Å². The van der Waals surface area contributed by atoms with E-state index in [1.165, 1.54) is 0 Å². The number of methoxy groups -OCH3 is 2. The third-order valence-corrected chi connectivity index (χ3v) is 3.87. The number of esters is 2. The minimum atomic E-state index is -3.40. The van der Waals surface area contributed by atoms with Gasteiger partial charge in [0.25, 0.3) is 0 Å². The third-order valence-electron chi connectivity index (χ3n) is 1.66. The van der Waals surface area contributed by atoms with Crippen molar-refractivity contribution in [2.24, 2.45) is 0 Å². The maximum atomic E-state index is 11.1. The Bertz CT molecular complexity index is 238. The number of carbonyl (C=O) groups excluding carboxylic acids is 2. The quantitative estimate of drug-likeness (QED) is 0.289. The van der Waals surface area contributed by atoms with Crippen LogP contribution in [0.4, 0.5) is 0 Å². The number of rotatable bonds is 5. The Labute approximate surface area is 150 Å². The summed E-state index contributed by atoms with van der Waals surface area (Å²) in [4.78, 5) is 61.6. The van der Waals surface area contributed by atoms with Crippen LogP contribution in [-0.2, 0) is 19.1 Å². The van der Waals surface area contributed by atoms with Gasteiger partial charge in [-0.3, -0.25) is 18.0 Å². The second-order valence-corrected chi connectivity index (χ2v) is 4.87. The van der Waals surface area contributed by atoms with E-state index < -0.39 is 40.0 Å². The van der Waals surface area contributed by atoms with Gasteiger partial charge in [0.1, 0.15) is 5.66 Å². The van der Waals surface area contributed by atoms with Gasteiger partial charge in [0.05, 0.1) is 19.9 Å². The van der Waals surface area contributed by atoms with Crippen LogP contribution in [0.1, 0.15) is 0 Å². The molecule has 0 aliphatic carbocycles. The van der Waals surface area contributed by atoms with Crippen LogP contribution in [0.25, 0.3) is 0 Å². The predicted octanol–water partition coefficient (Wildman–Crippen LogP) is -8.59. The summed E-state index contributed by atoms with van der Waals surface area (Å²) in [7, 11) is -4.53. The molecule has 2 atom stereocenters. The smallest absolute Gasteiger partial charge is 0.841 e. The van der Waals surface area contributed by atoms with Gasteiger partial charge in [0.15, 0.2) is 8.38 Å². The predicted molar refractivity (Wildman–Crippen MR) is 49.9 cm³/mol. The number of carbonyl (C=O) groups is 2. The molecule has 0 bridgehead atoms. The van der Waals surface area contributed by atoms with E-state index >= 15 is 0 Å². The molecule has 2 N–H and O–H groups in total. The van der Waals surface area contributed by atoms with Crippen LogP contribution >= 0.6 is 16.8 Å². The van der Waals surface area contributed by atoms with E-state index in [0.29, 0.717) is 0 Å². The fourth-order valence-electron chi connectivity index (χ4n) is 0.921. The van der Waals surface area contributed by atoms with Gasteiger partial charge in [-0.1, -0.05) is 0 Å². The minimum Gasteiger partial charge on any atom is -0.841 e. The molecule has 0 spiro atoms. The SMILES string of the molecule is COC(=O)C(C(C(=O)OC)P(O)O)P([O-])[O-].[Na+].[Na+]. The monoisotopic (exact) mass is 318 g/mol. The fourth-order valence-corrected chi connectivity index (χ4v) is 2.90. The van der Waals surface area contributed by atoms with E-state index in [0.717, 1.165) is 14.2 Å². The third kappa shape index (κ3) is 7.43. The van der Waals surface area contributed by atoms with E-state index in [2.05, 4.69) is 9.47 Å². The molecule has 0 heterocycles. The molecule has 0 saturated heterocycles. The molecule has 94 valence electrons. The summed E-state index contributed by atoms with van der Waals surface area (Å²) < 4.78 is 8.34. The van der Waals surface area contributed by atoms with Crippen LogP contribution in [0.2, 0.25) is 0 Å². The molecule has 0 radical (unpaired) electrons. The molecular weight excluding hydrogens is 308 g/mol. The van der Waals surface area contributed by atoms with Gasteiger partial charge in [-0.15, -0.1) is 0 Å². The van der Waals surface area contributed by atoms with Gasteiger partial charge in [0, 0.05) is 0 Å². The van der Waals surface area contributed by atoms with Crippen molar-refractivity contribution < 1.29 is 97.8 Å². The molecule has 0 aliphatic rings. The fraction of sp³-hybridized carbons (Fsp3) is 0.667. The van der Waals surface area contributed by atoms with Crippen LogP contribution < -0.4 is 68.9 Å². The van der Waals surface area contributed by atoms with E-state index in [-0.39, 0.29) is 59.1 Å². The van der Waals surface area contributed by atoms with Crippen LogP contribution in [-0.4, -0.2) is 47.3 Å². The Morgan fingerprint density at radius 1 is 1.00 bits per heavy atom. The Kier molecular flexibility index (Phi) is 17.0. The second kappa shape index (κ2) is 12.4. The molecule has 12 heteroatoms. The van der Waals surface area contributed by atoms with E-state index in [1.54, 1.807) is 0 Å². The number of hydrogen-bond donors (Lipinski definition) is 2. The van der Waals surface area contributed by atoms with Gasteiger partial charge in [0.2, 0.25) is 0 Å². The van der Waals surface area contributed by atoms with Crippen LogP contribution in [0, 0.1) is 0 Å². The minimum absolute atomic E-state index is 0. The van der Waals surface area contributed by atoms with Crippen molar-refractivity contribution >= 4 is 28.7 Å². The average molecular weight is 318 g/mol. The van der Waals surface area contributed by atoms with Gasteiger partial charge in [-0.25, -0.2) is 0 Å². The molecule has 0 aromatic rings. The van der Waals surface area contributed by atoms with Crippen molar-refractivity contribution in [2.75, 3.05) is 14.2 Å². The summed E-state index contributed by atoms with van der Waals surface area (Å²) in [5, 5.41) is 0. The van der Waals surface area contributed by atoms with Gasteiger partial charge >= 0.3 is 71.1 Å². The molecule has 0 aromatic heterocycles. The molecule has 0 amide bonds. The Morgan fingerprint density at radius 2 is 1.33 bits per heavy atom. The van der Waals surface area contributed by atoms with Crippen molar-refractivity contribution in [3.63, 3.8) is 0 Å². The largest absolute Gasteiger partial charge is 1.00 e. The number of ether oxygens (including phenoxy) is 2. The van der Waals surface area contributed by atoms with Crippen molar-refractivity contribution in [1.82, 2.24) is 0 Å². The van der Waals surface area contributed by atoms with Crippen LogP contribution in [0.15, 0.2) is 0 Å². The summed E-state index contributed by atoms with van der Waals surface area (Å²) in [5.41, 5.74) is -3.83. The van der Waals surface area contributed by atoms with E-state index in [1.807, 2.05) is 0 Å². The molecule has 0 saturated carbocycles. The first kappa shape index (κ1) is 24.6. The summed E-state index contributed by atoms with van der Waals surface area (Å²) in [6.07, 6.45) is 0. The normalized spacial score (nSPS) is 13.1. The summed E-state index contributed by atoms with van der Waals surface area (Å²) in [6.45, 7) is 0. The summed E-state index contributed by atoms with van der Waals surface area (Å²) in [5.74, 6) is -2.45.